The van der Waals surface area contributed by atoms with Crippen LogP contribution in [-0.4, -0.2) is 0 Å². The standard InChI is InChI=1S/C32H18O2/c1-3-10-21-19(8-1)16-20-9-2-4-11-22(20)31(21)25-14-7-13-24-27-18-29-26(17-30(27)34-32(24)25)23-12-5-6-15-28(23)33-29/h1-18H. The van der Waals surface area contributed by atoms with Crippen molar-refractivity contribution in [2.24, 2.45) is 0 Å². The molecule has 0 aliphatic carbocycles. The lowest BCUT2D eigenvalue weighted by Gasteiger charge is -2.12. The molecule has 0 amide bonds. The van der Waals surface area contributed by atoms with E-state index in [9.17, 15) is 0 Å². The quantitative estimate of drug-likeness (QED) is 0.240. The molecule has 158 valence electrons. The Morgan fingerprint density at radius 2 is 0.971 bits per heavy atom. The van der Waals surface area contributed by atoms with Crippen molar-refractivity contribution >= 4 is 65.4 Å². The summed E-state index contributed by atoms with van der Waals surface area (Å²) in [5.41, 5.74) is 5.91. The van der Waals surface area contributed by atoms with Crippen molar-refractivity contribution in [2.75, 3.05) is 0 Å². The van der Waals surface area contributed by atoms with Gasteiger partial charge in [0.1, 0.15) is 22.3 Å². The van der Waals surface area contributed by atoms with Gasteiger partial charge in [0.05, 0.1) is 0 Å². The van der Waals surface area contributed by atoms with E-state index < -0.39 is 0 Å². The fraction of sp³-hybridized carbons (Fsp3) is 0. The van der Waals surface area contributed by atoms with Gasteiger partial charge in [0, 0.05) is 32.7 Å². The number of benzene rings is 6. The molecule has 0 spiro atoms. The van der Waals surface area contributed by atoms with Gasteiger partial charge in [-0.05, 0) is 45.8 Å². The van der Waals surface area contributed by atoms with Crippen molar-refractivity contribution in [3.8, 4) is 11.1 Å². The summed E-state index contributed by atoms with van der Waals surface area (Å²) in [5, 5.41) is 9.30. The molecule has 8 rings (SSSR count). The van der Waals surface area contributed by atoms with Gasteiger partial charge in [0.2, 0.25) is 0 Å². The van der Waals surface area contributed by atoms with E-state index in [1.807, 2.05) is 18.2 Å². The summed E-state index contributed by atoms with van der Waals surface area (Å²) in [6.45, 7) is 0. The zero-order valence-corrected chi connectivity index (χ0v) is 18.2. The summed E-state index contributed by atoms with van der Waals surface area (Å²) in [5.74, 6) is 0. The molecule has 0 radical (unpaired) electrons. The van der Waals surface area contributed by atoms with Crippen LogP contribution in [0.25, 0.3) is 76.5 Å². The number of fused-ring (bicyclic) bond motifs is 8. The monoisotopic (exact) mass is 434 g/mol. The van der Waals surface area contributed by atoms with Crippen molar-refractivity contribution in [2.45, 2.75) is 0 Å². The molecule has 2 aromatic heterocycles. The van der Waals surface area contributed by atoms with E-state index in [0.29, 0.717) is 0 Å². The Bertz CT molecular complexity index is 2020. The summed E-state index contributed by atoms with van der Waals surface area (Å²) < 4.78 is 12.8. The predicted molar refractivity (Wildman–Crippen MR) is 141 cm³/mol. The van der Waals surface area contributed by atoms with Crippen LogP contribution >= 0.6 is 0 Å². The maximum absolute atomic E-state index is 6.62. The SMILES string of the molecule is c1ccc2c(-c3cccc4c3oc3cc5c(cc34)oc3ccccc35)c3ccccc3cc2c1. The third-order valence-electron chi connectivity index (χ3n) is 7.04. The van der Waals surface area contributed by atoms with Gasteiger partial charge >= 0.3 is 0 Å². The molecule has 0 bridgehead atoms. The second kappa shape index (κ2) is 6.49. The van der Waals surface area contributed by atoms with Crippen molar-refractivity contribution in [3.05, 3.63) is 109 Å². The molecule has 0 saturated heterocycles. The number of para-hydroxylation sites is 2. The maximum atomic E-state index is 6.62. The minimum Gasteiger partial charge on any atom is -0.456 e. The lowest BCUT2D eigenvalue weighted by molar-refractivity contribution is 0.664. The molecule has 2 nitrogen and oxygen atoms in total. The Balaban J connectivity index is 1.52. The first-order valence-corrected chi connectivity index (χ1v) is 11.5. The number of furan rings is 2. The summed E-state index contributed by atoms with van der Waals surface area (Å²) in [6, 6.07) is 38.3. The minimum atomic E-state index is 0.881. The normalized spacial score (nSPS) is 12.1. The summed E-state index contributed by atoms with van der Waals surface area (Å²) in [4.78, 5) is 0. The Labute approximate surface area is 194 Å². The molecule has 2 heterocycles. The van der Waals surface area contributed by atoms with Gasteiger partial charge in [0.25, 0.3) is 0 Å². The minimum absolute atomic E-state index is 0.881. The molecule has 0 N–H and O–H groups in total. The lowest BCUT2D eigenvalue weighted by atomic mass is 9.91. The van der Waals surface area contributed by atoms with Crippen LogP contribution in [-0.2, 0) is 0 Å². The Morgan fingerprint density at radius 1 is 0.382 bits per heavy atom. The molecule has 0 aliphatic heterocycles. The smallest absolute Gasteiger partial charge is 0.143 e. The van der Waals surface area contributed by atoms with E-state index in [0.717, 1.165) is 49.4 Å². The zero-order valence-electron chi connectivity index (χ0n) is 18.2. The molecule has 6 aromatic carbocycles. The number of hydrogen-bond acceptors (Lipinski definition) is 2. The summed E-state index contributed by atoms with van der Waals surface area (Å²) in [6.07, 6.45) is 0. The first-order chi connectivity index (χ1) is 16.8. The summed E-state index contributed by atoms with van der Waals surface area (Å²) >= 11 is 0. The fourth-order valence-corrected chi connectivity index (χ4v) is 5.52. The van der Waals surface area contributed by atoms with E-state index in [4.69, 9.17) is 8.83 Å². The third-order valence-corrected chi connectivity index (χ3v) is 7.04. The van der Waals surface area contributed by atoms with Crippen molar-refractivity contribution < 1.29 is 8.83 Å². The van der Waals surface area contributed by atoms with Crippen LogP contribution < -0.4 is 0 Å². The van der Waals surface area contributed by atoms with Crippen LogP contribution in [0.15, 0.2) is 118 Å². The van der Waals surface area contributed by atoms with Gasteiger partial charge in [-0.15, -0.1) is 0 Å². The van der Waals surface area contributed by atoms with Crippen LogP contribution in [0.2, 0.25) is 0 Å². The second-order valence-electron chi connectivity index (χ2n) is 8.92. The van der Waals surface area contributed by atoms with Gasteiger partial charge in [-0.25, -0.2) is 0 Å². The first-order valence-electron chi connectivity index (χ1n) is 11.5. The third kappa shape index (κ3) is 2.35. The van der Waals surface area contributed by atoms with E-state index in [1.54, 1.807) is 0 Å². The Hall–Kier alpha value is -4.56. The van der Waals surface area contributed by atoms with Crippen LogP contribution in [0.5, 0.6) is 0 Å². The maximum Gasteiger partial charge on any atom is 0.143 e. The topological polar surface area (TPSA) is 26.3 Å². The van der Waals surface area contributed by atoms with Gasteiger partial charge in [-0.2, -0.15) is 0 Å². The van der Waals surface area contributed by atoms with E-state index in [2.05, 4.69) is 91.0 Å². The highest BCUT2D eigenvalue weighted by Gasteiger charge is 2.18. The molecule has 8 aromatic rings. The highest BCUT2D eigenvalue weighted by atomic mass is 16.3. The highest BCUT2D eigenvalue weighted by Crippen LogP contribution is 2.43. The van der Waals surface area contributed by atoms with Crippen molar-refractivity contribution in [1.29, 1.82) is 0 Å². The second-order valence-corrected chi connectivity index (χ2v) is 8.92. The fourth-order valence-electron chi connectivity index (χ4n) is 5.52. The molecule has 0 aliphatic rings. The van der Waals surface area contributed by atoms with Crippen molar-refractivity contribution in [1.82, 2.24) is 0 Å². The predicted octanol–water partition coefficient (Wildman–Crippen LogP) is 9.46. The molecule has 0 saturated carbocycles. The van der Waals surface area contributed by atoms with Gasteiger partial charge < -0.3 is 8.83 Å². The Morgan fingerprint density at radius 3 is 1.74 bits per heavy atom. The van der Waals surface area contributed by atoms with Crippen LogP contribution in [0, 0.1) is 0 Å². The molecular weight excluding hydrogens is 416 g/mol. The van der Waals surface area contributed by atoms with Gasteiger partial charge in [-0.3, -0.25) is 0 Å². The largest absolute Gasteiger partial charge is 0.456 e. The van der Waals surface area contributed by atoms with Crippen molar-refractivity contribution in [3.63, 3.8) is 0 Å². The molecule has 0 atom stereocenters. The summed E-state index contributed by atoms with van der Waals surface area (Å²) in [7, 11) is 0. The zero-order chi connectivity index (χ0) is 22.2. The van der Waals surface area contributed by atoms with Crippen LogP contribution in [0.1, 0.15) is 0 Å². The molecule has 0 fully saturated rings. The Kier molecular flexibility index (Phi) is 3.42. The average Bonchev–Trinajstić information content (AvgIpc) is 3.43. The number of hydrogen-bond donors (Lipinski definition) is 0. The molecule has 2 heteroatoms. The van der Waals surface area contributed by atoms with E-state index in [1.165, 1.54) is 27.1 Å². The van der Waals surface area contributed by atoms with E-state index >= 15 is 0 Å². The molecule has 34 heavy (non-hydrogen) atoms. The lowest BCUT2D eigenvalue weighted by Crippen LogP contribution is -1.86. The van der Waals surface area contributed by atoms with Gasteiger partial charge in [0.15, 0.2) is 0 Å². The highest BCUT2D eigenvalue weighted by molar-refractivity contribution is 6.20. The van der Waals surface area contributed by atoms with Crippen LogP contribution in [0.4, 0.5) is 0 Å². The van der Waals surface area contributed by atoms with E-state index in [-0.39, 0.29) is 0 Å². The number of rotatable bonds is 1. The van der Waals surface area contributed by atoms with Crippen LogP contribution in [0.3, 0.4) is 0 Å². The van der Waals surface area contributed by atoms with Gasteiger partial charge in [-0.1, -0.05) is 84.9 Å². The average molecular weight is 434 g/mol. The molecule has 0 unspecified atom stereocenters. The first kappa shape index (κ1) is 17.9. The molecular formula is C32H18O2.